The molecule has 3 rings (SSSR count). The maximum Gasteiger partial charge on any atom is 0.251 e. The Kier molecular flexibility index (Phi) is 6.80. The average molecular weight is 404 g/mol. The lowest BCUT2D eigenvalue weighted by atomic mass is 10.0. The van der Waals surface area contributed by atoms with Gasteiger partial charge in [0.15, 0.2) is 0 Å². The summed E-state index contributed by atoms with van der Waals surface area (Å²) in [6, 6.07) is 6.87. The van der Waals surface area contributed by atoms with Crippen LogP contribution < -0.4 is 5.32 Å². The zero-order valence-corrected chi connectivity index (χ0v) is 17.0. The Labute approximate surface area is 169 Å². The Bertz CT molecular complexity index is 784. The summed E-state index contributed by atoms with van der Waals surface area (Å²) in [7, 11) is 0. The number of amides is 2. The summed E-state index contributed by atoms with van der Waals surface area (Å²) in [4.78, 5) is 29.7. The van der Waals surface area contributed by atoms with Crippen molar-refractivity contribution < 1.29 is 14.0 Å². The maximum absolute atomic E-state index is 13.1. The van der Waals surface area contributed by atoms with Crippen molar-refractivity contribution in [1.29, 1.82) is 0 Å². The van der Waals surface area contributed by atoms with Crippen molar-refractivity contribution in [2.75, 3.05) is 26.2 Å². The van der Waals surface area contributed by atoms with Crippen molar-refractivity contribution in [3.05, 3.63) is 58.0 Å². The highest BCUT2D eigenvalue weighted by Gasteiger charge is 2.31. The first-order valence-electron chi connectivity index (χ1n) is 9.52. The summed E-state index contributed by atoms with van der Waals surface area (Å²) in [5.74, 6) is -0.849. The number of thiophene rings is 1. The molecule has 5 nitrogen and oxygen atoms in total. The van der Waals surface area contributed by atoms with Crippen LogP contribution in [0, 0.1) is 11.7 Å². The van der Waals surface area contributed by atoms with Crippen LogP contribution in [0.5, 0.6) is 0 Å². The number of carbonyl (C=O) groups is 2. The number of halogens is 1. The number of nitrogens with one attached hydrogen (secondary N) is 1. The molecule has 0 radical (unpaired) electrons. The van der Waals surface area contributed by atoms with Crippen LogP contribution in [0.4, 0.5) is 4.39 Å². The van der Waals surface area contributed by atoms with Gasteiger partial charge in [0.25, 0.3) is 5.91 Å². The molecule has 1 N–H and O–H groups in total. The van der Waals surface area contributed by atoms with Crippen LogP contribution in [-0.2, 0) is 11.3 Å². The van der Waals surface area contributed by atoms with Crippen molar-refractivity contribution in [3.8, 4) is 0 Å². The molecular weight excluding hydrogens is 377 g/mol. The number of piperazine rings is 1. The molecule has 1 saturated heterocycles. The van der Waals surface area contributed by atoms with Gasteiger partial charge in [0.1, 0.15) is 11.9 Å². The molecular formula is C21H26FN3O2S. The molecule has 0 aliphatic carbocycles. The van der Waals surface area contributed by atoms with Crippen LogP contribution in [0.3, 0.4) is 0 Å². The first kappa shape index (κ1) is 20.5. The number of hydrogen-bond acceptors (Lipinski definition) is 4. The zero-order chi connectivity index (χ0) is 20.1. The summed E-state index contributed by atoms with van der Waals surface area (Å²) in [5, 5.41) is 7.06. The van der Waals surface area contributed by atoms with Crippen molar-refractivity contribution in [2.45, 2.75) is 26.4 Å². The van der Waals surface area contributed by atoms with E-state index >= 15 is 0 Å². The Balaban J connectivity index is 1.57. The Hall–Kier alpha value is -2.25. The monoisotopic (exact) mass is 403 g/mol. The minimum absolute atomic E-state index is 0.0410. The highest BCUT2D eigenvalue weighted by Crippen LogP contribution is 2.14. The molecule has 0 saturated carbocycles. The van der Waals surface area contributed by atoms with E-state index in [4.69, 9.17) is 0 Å². The molecule has 1 atom stereocenters. The van der Waals surface area contributed by atoms with Gasteiger partial charge in [-0.2, -0.15) is 11.3 Å². The average Bonchev–Trinajstić information content (AvgIpc) is 3.19. The summed E-state index contributed by atoms with van der Waals surface area (Å²) < 4.78 is 13.1. The van der Waals surface area contributed by atoms with Gasteiger partial charge in [-0.3, -0.25) is 14.5 Å². The van der Waals surface area contributed by atoms with Gasteiger partial charge in [-0.1, -0.05) is 13.8 Å². The minimum atomic E-state index is -0.596. The second-order valence-corrected chi connectivity index (χ2v) is 8.22. The normalized spacial score (nSPS) is 16.2. The SMILES string of the molecule is CC(C)[C@H](NC(=O)c1ccc(F)cc1)C(=O)N1CCN(Cc2ccsc2)CC1. The molecule has 1 aromatic carbocycles. The van der Waals surface area contributed by atoms with Crippen LogP contribution >= 0.6 is 11.3 Å². The van der Waals surface area contributed by atoms with Crippen LogP contribution in [0.25, 0.3) is 0 Å². The Morgan fingerprint density at radius 3 is 2.36 bits per heavy atom. The highest BCUT2D eigenvalue weighted by atomic mass is 32.1. The van der Waals surface area contributed by atoms with E-state index in [1.165, 1.54) is 29.8 Å². The number of rotatable bonds is 6. The molecule has 1 aliphatic heterocycles. The number of carbonyl (C=O) groups excluding carboxylic acids is 2. The molecule has 1 fully saturated rings. The smallest absolute Gasteiger partial charge is 0.251 e. The number of nitrogens with zero attached hydrogens (tertiary/aromatic N) is 2. The molecule has 0 bridgehead atoms. The highest BCUT2D eigenvalue weighted by molar-refractivity contribution is 7.07. The first-order valence-corrected chi connectivity index (χ1v) is 10.5. The molecule has 1 aliphatic rings. The second-order valence-electron chi connectivity index (χ2n) is 7.44. The topological polar surface area (TPSA) is 52.7 Å². The van der Waals surface area contributed by atoms with Crippen LogP contribution in [0.1, 0.15) is 29.8 Å². The lowest BCUT2D eigenvalue weighted by Gasteiger charge is -2.37. The first-order chi connectivity index (χ1) is 13.4. The van der Waals surface area contributed by atoms with Gasteiger partial charge in [0, 0.05) is 38.3 Å². The van der Waals surface area contributed by atoms with Gasteiger partial charge in [-0.15, -0.1) is 0 Å². The third kappa shape index (κ3) is 5.17. The molecule has 2 heterocycles. The van der Waals surface area contributed by atoms with Gasteiger partial charge >= 0.3 is 0 Å². The summed E-state index contributed by atoms with van der Waals surface area (Å²) in [5.41, 5.74) is 1.65. The van der Waals surface area contributed by atoms with Gasteiger partial charge in [0.2, 0.25) is 5.91 Å². The summed E-state index contributed by atoms with van der Waals surface area (Å²) in [6.45, 7) is 7.68. The third-order valence-corrected chi connectivity index (χ3v) is 5.73. The summed E-state index contributed by atoms with van der Waals surface area (Å²) >= 11 is 1.69. The van der Waals surface area contributed by atoms with Gasteiger partial charge in [0.05, 0.1) is 0 Å². The minimum Gasteiger partial charge on any atom is -0.340 e. The fourth-order valence-corrected chi connectivity index (χ4v) is 3.96. The largest absolute Gasteiger partial charge is 0.340 e. The van der Waals surface area contributed by atoms with Crippen molar-refractivity contribution >= 4 is 23.2 Å². The van der Waals surface area contributed by atoms with E-state index in [1.54, 1.807) is 11.3 Å². The molecule has 0 spiro atoms. The third-order valence-electron chi connectivity index (χ3n) is 5.00. The molecule has 7 heteroatoms. The van der Waals surface area contributed by atoms with Gasteiger partial charge in [-0.25, -0.2) is 4.39 Å². The van der Waals surface area contributed by atoms with Crippen molar-refractivity contribution in [3.63, 3.8) is 0 Å². The van der Waals surface area contributed by atoms with E-state index in [2.05, 4.69) is 27.0 Å². The molecule has 1 aromatic heterocycles. The lowest BCUT2D eigenvalue weighted by molar-refractivity contribution is -0.136. The molecule has 0 unspecified atom stereocenters. The van der Waals surface area contributed by atoms with Gasteiger partial charge < -0.3 is 10.2 Å². The standard InChI is InChI=1S/C21H26FN3O2S/c1-15(2)19(23-20(26)17-3-5-18(22)6-4-17)21(27)25-10-8-24(9-11-25)13-16-7-12-28-14-16/h3-7,12,14-15,19H,8-11,13H2,1-2H3,(H,23,26)/t19-/m0/s1. The van der Waals surface area contributed by atoms with Crippen molar-refractivity contribution in [2.24, 2.45) is 5.92 Å². The number of hydrogen-bond donors (Lipinski definition) is 1. The fourth-order valence-electron chi connectivity index (χ4n) is 3.30. The van der Waals surface area contributed by atoms with Crippen molar-refractivity contribution in [1.82, 2.24) is 15.1 Å². The van der Waals surface area contributed by atoms with E-state index in [9.17, 15) is 14.0 Å². The predicted molar refractivity (Wildman–Crippen MR) is 109 cm³/mol. The molecule has 2 aromatic rings. The molecule has 150 valence electrons. The summed E-state index contributed by atoms with van der Waals surface area (Å²) in [6.07, 6.45) is 0. The Morgan fingerprint density at radius 2 is 1.79 bits per heavy atom. The van der Waals surface area contributed by atoms with E-state index in [0.29, 0.717) is 18.7 Å². The number of benzene rings is 1. The van der Waals surface area contributed by atoms with Crippen LogP contribution in [-0.4, -0.2) is 53.8 Å². The fraction of sp³-hybridized carbons (Fsp3) is 0.429. The second kappa shape index (κ2) is 9.30. The zero-order valence-electron chi connectivity index (χ0n) is 16.2. The molecule has 2 amide bonds. The quantitative estimate of drug-likeness (QED) is 0.807. The van der Waals surface area contributed by atoms with Gasteiger partial charge in [-0.05, 0) is 52.6 Å². The maximum atomic E-state index is 13.1. The van der Waals surface area contributed by atoms with E-state index < -0.39 is 11.9 Å². The lowest BCUT2D eigenvalue weighted by Crippen LogP contribution is -2.56. The van der Waals surface area contributed by atoms with E-state index in [1.807, 2.05) is 18.7 Å². The van der Waals surface area contributed by atoms with E-state index in [-0.39, 0.29) is 17.7 Å². The predicted octanol–water partition coefficient (Wildman–Crippen LogP) is 2.99. The van der Waals surface area contributed by atoms with E-state index in [0.717, 1.165) is 19.6 Å². The van der Waals surface area contributed by atoms with Crippen LogP contribution in [0.2, 0.25) is 0 Å². The molecule has 28 heavy (non-hydrogen) atoms. The van der Waals surface area contributed by atoms with Crippen LogP contribution in [0.15, 0.2) is 41.1 Å². The Morgan fingerprint density at radius 1 is 1.11 bits per heavy atom.